The first-order chi connectivity index (χ1) is 11.3. The van der Waals surface area contributed by atoms with E-state index >= 15 is 0 Å². The second kappa shape index (κ2) is 7.33. The number of alkyl halides is 3. The summed E-state index contributed by atoms with van der Waals surface area (Å²) in [5, 5.41) is 2.66. The Hall–Kier alpha value is -2.57. The second-order valence-corrected chi connectivity index (χ2v) is 5.15. The molecule has 128 valence electrons. The van der Waals surface area contributed by atoms with Gasteiger partial charge in [0, 0.05) is 0 Å². The van der Waals surface area contributed by atoms with Gasteiger partial charge in [-0.3, -0.25) is 4.79 Å². The number of ether oxygens (including phenoxy) is 1. The van der Waals surface area contributed by atoms with Crippen LogP contribution in [0.2, 0.25) is 0 Å². The van der Waals surface area contributed by atoms with E-state index in [9.17, 15) is 22.4 Å². The van der Waals surface area contributed by atoms with Crippen molar-refractivity contribution >= 4 is 5.91 Å². The third-order valence-electron chi connectivity index (χ3n) is 3.30. The zero-order valence-electron chi connectivity index (χ0n) is 12.7. The van der Waals surface area contributed by atoms with Crippen molar-refractivity contribution in [1.29, 1.82) is 0 Å². The summed E-state index contributed by atoms with van der Waals surface area (Å²) in [4.78, 5) is 11.8. The molecule has 0 bridgehead atoms. The third kappa shape index (κ3) is 4.97. The van der Waals surface area contributed by atoms with Gasteiger partial charge >= 0.3 is 6.18 Å². The SMILES string of the molecule is C[C@@H](NC(=O)COc1ccc(C(F)(F)F)cc1)c1ccc(F)cc1. The number of halogens is 4. The molecule has 0 saturated heterocycles. The molecule has 0 aliphatic rings. The fourth-order valence-corrected chi connectivity index (χ4v) is 2.01. The molecule has 1 amide bonds. The zero-order valence-corrected chi connectivity index (χ0v) is 12.7. The van der Waals surface area contributed by atoms with Gasteiger partial charge in [0.2, 0.25) is 0 Å². The molecular weight excluding hydrogens is 326 g/mol. The normalized spacial score (nSPS) is 12.5. The van der Waals surface area contributed by atoms with E-state index in [4.69, 9.17) is 4.74 Å². The molecule has 0 aliphatic heterocycles. The lowest BCUT2D eigenvalue weighted by atomic mass is 10.1. The van der Waals surface area contributed by atoms with Gasteiger partial charge in [0.15, 0.2) is 6.61 Å². The van der Waals surface area contributed by atoms with E-state index in [1.54, 1.807) is 19.1 Å². The van der Waals surface area contributed by atoms with Crippen LogP contribution >= 0.6 is 0 Å². The highest BCUT2D eigenvalue weighted by Gasteiger charge is 2.30. The van der Waals surface area contributed by atoms with Gasteiger partial charge in [0.05, 0.1) is 11.6 Å². The molecule has 1 N–H and O–H groups in total. The van der Waals surface area contributed by atoms with Gasteiger partial charge in [-0.25, -0.2) is 4.39 Å². The fourth-order valence-electron chi connectivity index (χ4n) is 2.01. The Morgan fingerprint density at radius 3 is 2.21 bits per heavy atom. The summed E-state index contributed by atoms with van der Waals surface area (Å²) >= 11 is 0. The average molecular weight is 341 g/mol. The van der Waals surface area contributed by atoms with Crippen LogP contribution in [-0.2, 0) is 11.0 Å². The van der Waals surface area contributed by atoms with E-state index in [0.29, 0.717) is 0 Å². The first kappa shape index (κ1) is 17.8. The van der Waals surface area contributed by atoms with Crippen molar-refractivity contribution in [3.63, 3.8) is 0 Å². The van der Waals surface area contributed by atoms with Crippen LogP contribution in [0.25, 0.3) is 0 Å². The number of rotatable bonds is 5. The maximum absolute atomic E-state index is 12.8. The van der Waals surface area contributed by atoms with Crippen LogP contribution in [0.4, 0.5) is 17.6 Å². The highest BCUT2D eigenvalue weighted by molar-refractivity contribution is 5.78. The van der Waals surface area contributed by atoms with Gasteiger partial charge in [0.1, 0.15) is 11.6 Å². The molecule has 0 saturated carbocycles. The van der Waals surface area contributed by atoms with Crippen LogP contribution in [0.5, 0.6) is 5.75 Å². The molecule has 0 aliphatic carbocycles. The molecule has 0 heterocycles. The van der Waals surface area contributed by atoms with E-state index in [1.807, 2.05) is 0 Å². The zero-order chi connectivity index (χ0) is 17.7. The largest absolute Gasteiger partial charge is 0.484 e. The van der Waals surface area contributed by atoms with E-state index in [1.165, 1.54) is 12.1 Å². The Kier molecular flexibility index (Phi) is 5.43. The molecular formula is C17H15F4NO2. The fraction of sp³-hybridized carbons (Fsp3) is 0.235. The number of nitrogens with one attached hydrogen (secondary N) is 1. The minimum atomic E-state index is -4.42. The molecule has 0 unspecified atom stereocenters. The van der Waals surface area contributed by atoms with Gasteiger partial charge in [-0.1, -0.05) is 12.1 Å². The molecule has 1 atom stereocenters. The Balaban J connectivity index is 1.85. The van der Waals surface area contributed by atoms with Gasteiger partial charge in [0.25, 0.3) is 5.91 Å². The van der Waals surface area contributed by atoms with Crippen LogP contribution in [0, 0.1) is 5.82 Å². The highest BCUT2D eigenvalue weighted by atomic mass is 19.4. The van der Waals surface area contributed by atoms with E-state index in [2.05, 4.69) is 5.32 Å². The van der Waals surface area contributed by atoms with Crippen molar-refractivity contribution in [2.75, 3.05) is 6.61 Å². The van der Waals surface area contributed by atoms with Crippen molar-refractivity contribution in [2.24, 2.45) is 0 Å². The average Bonchev–Trinajstić information content (AvgIpc) is 2.53. The van der Waals surface area contributed by atoms with E-state index < -0.39 is 17.6 Å². The lowest BCUT2D eigenvalue weighted by Crippen LogP contribution is -2.31. The number of benzene rings is 2. The van der Waals surface area contributed by atoms with Crippen molar-refractivity contribution in [3.05, 3.63) is 65.5 Å². The summed E-state index contributed by atoms with van der Waals surface area (Å²) in [6.45, 7) is 1.39. The van der Waals surface area contributed by atoms with Gasteiger partial charge < -0.3 is 10.1 Å². The van der Waals surface area contributed by atoms with Crippen LogP contribution in [0.3, 0.4) is 0 Å². The molecule has 7 heteroatoms. The quantitative estimate of drug-likeness (QED) is 0.832. The van der Waals surface area contributed by atoms with Gasteiger partial charge in [-0.2, -0.15) is 13.2 Å². The first-order valence-electron chi connectivity index (χ1n) is 7.10. The molecule has 0 fully saturated rings. The van der Waals surface area contributed by atoms with Crippen LogP contribution < -0.4 is 10.1 Å². The topological polar surface area (TPSA) is 38.3 Å². The van der Waals surface area contributed by atoms with Crippen molar-refractivity contribution in [3.8, 4) is 5.75 Å². The van der Waals surface area contributed by atoms with Crippen molar-refractivity contribution in [1.82, 2.24) is 5.32 Å². The minimum absolute atomic E-state index is 0.160. The number of carbonyl (C=O) groups is 1. The Morgan fingerprint density at radius 1 is 1.08 bits per heavy atom. The molecule has 2 aromatic rings. The Labute approximate surface area is 136 Å². The number of hydrogen-bond donors (Lipinski definition) is 1. The smallest absolute Gasteiger partial charge is 0.416 e. The number of hydrogen-bond acceptors (Lipinski definition) is 2. The molecule has 2 aromatic carbocycles. The predicted octanol–water partition coefficient (Wildman–Crippen LogP) is 4.10. The molecule has 24 heavy (non-hydrogen) atoms. The van der Waals surface area contributed by atoms with E-state index in [0.717, 1.165) is 29.8 Å². The third-order valence-corrected chi connectivity index (χ3v) is 3.30. The molecule has 0 spiro atoms. The maximum Gasteiger partial charge on any atom is 0.416 e. The summed E-state index contributed by atoms with van der Waals surface area (Å²) in [5.74, 6) is -0.651. The predicted molar refractivity (Wildman–Crippen MR) is 79.9 cm³/mol. The van der Waals surface area contributed by atoms with Gasteiger partial charge in [-0.05, 0) is 48.9 Å². The lowest BCUT2D eigenvalue weighted by Gasteiger charge is -2.15. The standard InChI is InChI=1S/C17H15F4NO2/c1-11(12-2-6-14(18)7-3-12)22-16(23)10-24-15-8-4-13(5-9-15)17(19,20)21/h2-9,11H,10H2,1H3,(H,22,23)/t11-/m1/s1. The number of amides is 1. The summed E-state index contributed by atoms with van der Waals surface area (Å²) in [5.41, 5.74) is -0.0662. The lowest BCUT2D eigenvalue weighted by molar-refractivity contribution is -0.137. The summed E-state index contributed by atoms with van der Waals surface area (Å²) in [6, 6.07) is 9.40. The molecule has 0 radical (unpaired) electrons. The summed E-state index contributed by atoms with van der Waals surface area (Å²) in [6.07, 6.45) is -4.42. The molecule has 0 aromatic heterocycles. The second-order valence-electron chi connectivity index (χ2n) is 5.15. The Morgan fingerprint density at radius 2 is 1.67 bits per heavy atom. The van der Waals surface area contributed by atoms with E-state index in [-0.39, 0.29) is 24.2 Å². The first-order valence-corrected chi connectivity index (χ1v) is 7.10. The highest BCUT2D eigenvalue weighted by Crippen LogP contribution is 2.30. The van der Waals surface area contributed by atoms with Crippen molar-refractivity contribution in [2.45, 2.75) is 19.1 Å². The Bertz CT molecular complexity index is 681. The van der Waals surface area contributed by atoms with Crippen LogP contribution in [0.1, 0.15) is 24.1 Å². The van der Waals surface area contributed by atoms with Crippen molar-refractivity contribution < 1.29 is 27.1 Å². The minimum Gasteiger partial charge on any atom is -0.484 e. The van der Waals surface area contributed by atoms with Crippen LogP contribution in [0.15, 0.2) is 48.5 Å². The maximum atomic E-state index is 12.8. The van der Waals surface area contributed by atoms with Crippen LogP contribution in [-0.4, -0.2) is 12.5 Å². The monoisotopic (exact) mass is 341 g/mol. The van der Waals surface area contributed by atoms with Gasteiger partial charge in [-0.15, -0.1) is 0 Å². The summed E-state index contributed by atoms with van der Waals surface area (Å²) < 4.78 is 55.3. The number of carbonyl (C=O) groups excluding carboxylic acids is 1. The summed E-state index contributed by atoms with van der Waals surface area (Å²) in [7, 11) is 0. The molecule has 3 nitrogen and oxygen atoms in total. The molecule has 2 rings (SSSR count).